The Labute approximate surface area is 94.0 Å². The fourth-order valence-electron chi connectivity index (χ4n) is 0.777. The highest BCUT2D eigenvalue weighted by atomic mass is 32.2. The van der Waals surface area contributed by atoms with E-state index in [4.69, 9.17) is 5.11 Å². The molecule has 5 nitrogen and oxygen atoms in total. The second-order valence-electron chi connectivity index (χ2n) is 2.93. The molecule has 0 aromatic carbocycles. The third kappa shape index (κ3) is 9.55. The molecule has 6 heteroatoms. The molecule has 0 saturated heterocycles. The van der Waals surface area contributed by atoms with Crippen LogP contribution in [0.15, 0.2) is 0 Å². The van der Waals surface area contributed by atoms with Crippen LogP contribution in [0.2, 0.25) is 0 Å². The highest BCUT2D eigenvalue weighted by Gasteiger charge is 2.05. The van der Waals surface area contributed by atoms with Crippen LogP contribution in [0.25, 0.3) is 0 Å². The fraction of sp³-hybridized carbons (Fsp3) is 0.778. The highest BCUT2D eigenvalue weighted by Crippen LogP contribution is 2.00. The lowest BCUT2D eigenvalue weighted by Crippen LogP contribution is -2.40. The largest absolute Gasteiger partial charge is 0.396 e. The maximum Gasteiger partial charge on any atom is 0.321 e. The SMILES string of the molecule is CCCNC(=O)NC(=O)CSCCCO. The Kier molecular flexibility index (Phi) is 9.30. The van der Waals surface area contributed by atoms with E-state index < -0.39 is 6.03 Å². The van der Waals surface area contributed by atoms with Crippen molar-refractivity contribution in [3.63, 3.8) is 0 Å². The monoisotopic (exact) mass is 234 g/mol. The van der Waals surface area contributed by atoms with Crippen LogP contribution in [0.1, 0.15) is 19.8 Å². The van der Waals surface area contributed by atoms with Crippen molar-refractivity contribution in [3.05, 3.63) is 0 Å². The minimum absolute atomic E-state index is 0.131. The molecule has 3 N–H and O–H groups in total. The minimum atomic E-state index is -0.440. The number of aliphatic hydroxyl groups excluding tert-OH is 1. The summed E-state index contributed by atoms with van der Waals surface area (Å²) < 4.78 is 0. The summed E-state index contributed by atoms with van der Waals surface area (Å²) in [6.45, 7) is 2.63. The van der Waals surface area contributed by atoms with E-state index >= 15 is 0 Å². The summed E-state index contributed by atoms with van der Waals surface area (Å²) in [5, 5.41) is 13.3. The maximum atomic E-state index is 11.1. The van der Waals surface area contributed by atoms with E-state index in [-0.39, 0.29) is 18.3 Å². The van der Waals surface area contributed by atoms with Crippen molar-refractivity contribution in [3.8, 4) is 0 Å². The number of amides is 3. The van der Waals surface area contributed by atoms with Gasteiger partial charge in [0, 0.05) is 13.2 Å². The summed E-state index contributed by atoms with van der Waals surface area (Å²) >= 11 is 1.40. The van der Waals surface area contributed by atoms with E-state index in [0.29, 0.717) is 13.0 Å². The number of nitrogens with one attached hydrogen (secondary N) is 2. The summed E-state index contributed by atoms with van der Waals surface area (Å²) in [5.41, 5.74) is 0. The van der Waals surface area contributed by atoms with Gasteiger partial charge in [-0.3, -0.25) is 10.1 Å². The predicted octanol–water partition coefficient (Wildman–Crippen LogP) is 0.338. The number of hydrogen-bond acceptors (Lipinski definition) is 4. The smallest absolute Gasteiger partial charge is 0.321 e. The molecular formula is C9H18N2O3S. The number of imide groups is 1. The van der Waals surface area contributed by atoms with Gasteiger partial charge in [0.25, 0.3) is 0 Å². The molecule has 0 spiro atoms. The molecule has 15 heavy (non-hydrogen) atoms. The molecule has 0 aliphatic carbocycles. The lowest BCUT2D eigenvalue weighted by molar-refractivity contribution is -0.117. The molecule has 0 saturated carbocycles. The Balaban J connectivity index is 3.43. The molecule has 0 aromatic rings. The summed E-state index contributed by atoms with van der Waals surface area (Å²) in [6.07, 6.45) is 1.51. The number of thioether (sulfide) groups is 1. The summed E-state index contributed by atoms with van der Waals surface area (Å²) in [4.78, 5) is 22.1. The van der Waals surface area contributed by atoms with Gasteiger partial charge in [-0.05, 0) is 18.6 Å². The van der Waals surface area contributed by atoms with Gasteiger partial charge in [0.05, 0.1) is 5.75 Å². The van der Waals surface area contributed by atoms with Crippen LogP contribution in [-0.4, -0.2) is 41.7 Å². The van der Waals surface area contributed by atoms with Crippen LogP contribution >= 0.6 is 11.8 Å². The Hall–Kier alpha value is -0.750. The van der Waals surface area contributed by atoms with E-state index in [1.165, 1.54) is 11.8 Å². The van der Waals surface area contributed by atoms with Gasteiger partial charge < -0.3 is 10.4 Å². The molecule has 0 aliphatic heterocycles. The van der Waals surface area contributed by atoms with Crippen molar-refractivity contribution in [2.75, 3.05) is 24.7 Å². The van der Waals surface area contributed by atoms with E-state index in [2.05, 4.69) is 10.6 Å². The molecule has 88 valence electrons. The van der Waals surface area contributed by atoms with E-state index in [1.807, 2.05) is 6.92 Å². The second-order valence-corrected chi connectivity index (χ2v) is 4.04. The van der Waals surface area contributed by atoms with Crippen molar-refractivity contribution < 1.29 is 14.7 Å². The maximum absolute atomic E-state index is 11.1. The minimum Gasteiger partial charge on any atom is -0.396 e. The van der Waals surface area contributed by atoms with Crippen LogP contribution in [0.4, 0.5) is 4.79 Å². The predicted molar refractivity (Wildman–Crippen MR) is 60.9 cm³/mol. The molecule has 0 rings (SSSR count). The zero-order valence-corrected chi connectivity index (χ0v) is 9.73. The van der Waals surface area contributed by atoms with E-state index in [9.17, 15) is 9.59 Å². The molecule has 0 fully saturated rings. The molecule has 3 amide bonds. The lowest BCUT2D eigenvalue weighted by Gasteiger charge is -2.04. The zero-order valence-electron chi connectivity index (χ0n) is 8.91. The number of carbonyl (C=O) groups is 2. The first-order chi connectivity index (χ1) is 7.20. The van der Waals surface area contributed by atoms with Gasteiger partial charge >= 0.3 is 6.03 Å². The highest BCUT2D eigenvalue weighted by molar-refractivity contribution is 7.99. The van der Waals surface area contributed by atoms with Gasteiger partial charge in [-0.2, -0.15) is 11.8 Å². The molecular weight excluding hydrogens is 216 g/mol. The third-order valence-corrected chi connectivity index (χ3v) is 2.51. The van der Waals surface area contributed by atoms with Gasteiger partial charge in [0.2, 0.25) is 5.91 Å². The normalized spacial score (nSPS) is 9.73. The molecule has 0 heterocycles. The van der Waals surface area contributed by atoms with Crippen LogP contribution < -0.4 is 10.6 Å². The molecule has 0 radical (unpaired) electrons. The number of carbonyl (C=O) groups excluding carboxylic acids is 2. The van der Waals surface area contributed by atoms with Crippen molar-refractivity contribution in [2.24, 2.45) is 0 Å². The van der Waals surface area contributed by atoms with Crippen LogP contribution in [0.5, 0.6) is 0 Å². The standard InChI is InChI=1S/C9H18N2O3S/c1-2-4-10-9(14)11-8(13)7-15-6-3-5-12/h12H,2-7H2,1H3,(H2,10,11,13,14). The van der Waals surface area contributed by atoms with Crippen LogP contribution in [0.3, 0.4) is 0 Å². The second kappa shape index (κ2) is 9.79. The summed E-state index contributed by atoms with van der Waals surface area (Å²) in [5.74, 6) is 0.673. The number of rotatable bonds is 7. The number of hydrogen-bond donors (Lipinski definition) is 3. The third-order valence-electron chi connectivity index (χ3n) is 1.47. The number of aliphatic hydroxyl groups is 1. The zero-order chi connectivity index (χ0) is 11.5. The molecule has 0 aliphatic rings. The van der Waals surface area contributed by atoms with Crippen molar-refractivity contribution in [1.82, 2.24) is 10.6 Å². The molecule has 0 unspecified atom stereocenters. The van der Waals surface area contributed by atoms with Gasteiger partial charge in [-0.25, -0.2) is 4.79 Å². The average molecular weight is 234 g/mol. The number of urea groups is 1. The Bertz CT molecular complexity index is 200. The summed E-state index contributed by atoms with van der Waals surface area (Å²) in [6, 6.07) is -0.440. The fourth-order valence-corrected chi connectivity index (χ4v) is 1.51. The van der Waals surface area contributed by atoms with Gasteiger partial charge in [0.1, 0.15) is 0 Å². The molecule has 0 atom stereocenters. The first-order valence-electron chi connectivity index (χ1n) is 4.97. The topological polar surface area (TPSA) is 78.4 Å². The average Bonchev–Trinajstić information content (AvgIpc) is 2.21. The summed E-state index contributed by atoms with van der Waals surface area (Å²) in [7, 11) is 0. The van der Waals surface area contributed by atoms with E-state index in [1.54, 1.807) is 0 Å². The van der Waals surface area contributed by atoms with E-state index in [0.717, 1.165) is 12.2 Å². The van der Waals surface area contributed by atoms with Gasteiger partial charge in [-0.1, -0.05) is 6.92 Å². The Morgan fingerprint density at radius 2 is 2.13 bits per heavy atom. The van der Waals surface area contributed by atoms with Crippen molar-refractivity contribution in [2.45, 2.75) is 19.8 Å². The van der Waals surface area contributed by atoms with Crippen molar-refractivity contribution >= 4 is 23.7 Å². The molecule has 0 bridgehead atoms. The van der Waals surface area contributed by atoms with Crippen LogP contribution in [0, 0.1) is 0 Å². The molecule has 0 aromatic heterocycles. The first kappa shape index (κ1) is 14.2. The van der Waals surface area contributed by atoms with Crippen LogP contribution in [-0.2, 0) is 4.79 Å². The Morgan fingerprint density at radius 3 is 2.73 bits per heavy atom. The lowest BCUT2D eigenvalue weighted by atomic mass is 10.5. The quantitative estimate of drug-likeness (QED) is 0.555. The van der Waals surface area contributed by atoms with Crippen molar-refractivity contribution in [1.29, 1.82) is 0 Å². The first-order valence-corrected chi connectivity index (χ1v) is 6.12. The van der Waals surface area contributed by atoms with Gasteiger partial charge in [0.15, 0.2) is 0 Å². The van der Waals surface area contributed by atoms with Gasteiger partial charge in [-0.15, -0.1) is 0 Å². The Morgan fingerprint density at radius 1 is 1.40 bits per heavy atom.